The van der Waals surface area contributed by atoms with E-state index in [-0.39, 0.29) is 42.6 Å². The van der Waals surface area contributed by atoms with Crippen LogP contribution >= 0.6 is 19.5 Å². The number of hydrogen-bond donors (Lipinski definition) is 3. The van der Waals surface area contributed by atoms with Crippen LogP contribution in [0.25, 0.3) is 0 Å². The first-order valence-electron chi connectivity index (χ1n) is 12.5. The van der Waals surface area contributed by atoms with Gasteiger partial charge in [0.05, 0.1) is 31.3 Å². The van der Waals surface area contributed by atoms with Crippen LogP contribution in [0.5, 0.6) is 0 Å². The van der Waals surface area contributed by atoms with Gasteiger partial charge >= 0.3 is 13.4 Å². The second kappa shape index (κ2) is 12.0. The summed E-state index contributed by atoms with van der Waals surface area (Å²) in [5.74, 6) is 0.240. The second-order valence-electron chi connectivity index (χ2n) is 10.3. The maximum absolute atomic E-state index is 13.7. The zero-order valence-corrected chi connectivity index (χ0v) is 23.2. The number of ether oxygens (including phenoxy) is 1. The lowest BCUT2D eigenvalue weighted by Crippen LogP contribution is -2.32. The quantitative estimate of drug-likeness (QED) is 0.244. The Morgan fingerprint density at radius 3 is 2.66 bits per heavy atom. The number of aliphatic hydroxyl groups is 1. The van der Waals surface area contributed by atoms with E-state index >= 15 is 0 Å². The number of aromatic nitrogens is 2. The van der Waals surface area contributed by atoms with Crippen LogP contribution in [-0.4, -0.2) is 51.5 Å². The molecule has 3 N–H and O–H groups in total. The van der Waals surface area contributed by atoms with Gasteiger partial charge in [0.2, 0.25) is 0 Å². The summed E-state index contributed by atoms with van der Waals surface area (Å²) in [5, 5.41) is 12.1. The molecule has 1 aromatic heterocycles. The van der Waals surface area contributed by atoms with Gasteiger partial charge in [-0.25, -0.2) is 14.4 Å². The van der Waals surface area contributed by atoms with Crippen molar-refractivity contribution in [3.8, 4) is 0 Å². The lowest BCUT2D eigenvalue weighted by Gasteiger charge is -2.24. The first kappa shape index (κ1) is 28.9. The highest BCUT2D eigenvalue weighted by Gasteiger charge is 2.57. The molecule has 13 heteroatoms. The molecule has 0 bridgehead atoms. The number of hydrogen-bond acceptors (Lipinski definition) is 9. The number of carbonyl (C=O) groups excluding carboxylic acids is 1. The molecule has 1 aromatic carbocycles. The van der Waals surface area contributed by atoms with Crippen LogP contribution in [0.15, 0.2) is 52.2 Å². The Bertz CT molecular complexity index is 1280. The first-order valence-corrected chi connectivity index (χ1v) is 15.0. The molecular weight excluding hydrogens is 533 g/mol. The normalized spacial score (nSPS) is 21.9. The monoisotopic (exact) mass is 567 g/mol. The molecule has 2 unspecified atom stereocenters. The van der Waals surface area contributed by atoms with Gasteiger partial charge in [-0.1, -0.05) is 42.1 Å². The Hall–Kier alpha value is -2.05. The fraction of sp³-hybridized carbons (Fsp3) is 0.560. The van der Waals surface area contributed by atoms with E-state index in [9.17, 15) is 24.1 Å². The molecule has 4 rings (SSSR count). The first-order chi connectivity index (χ1) is 18.1. The maximum atomic E-state index is 13.7. The van der Waals surface area contributed by atoms with Crippen molar-refractivity contribution in [3.63, 3.8) is 0 Å². The third kappa shape index (κ3) is 7.12. The van der Waals surface area contributed by atoms with Crippen LogP contribution in [0.3, 0.4) is 0 Å². The third-order valence-corrected chi connectivity index (χ3v) is 9.62. The van der Waals surface area contributed by atoms with Crippen LogP contribution in [0.4, 0.5) is 0 Å². The zero-order chi connectivity index (χ0) is 27.4. The van der Waals surface area contributed by atoms with Gasteiger partial charge in [-0.3, -0.25) is 28.2 Å². The van der Waals surface area contributed by atoms with Crippen molar-refractivity contribution >= 4 is 24.6 Å². The lowest BCUT2D eigenvalue weighted by molar-refractivity contribution is -0.119. The molecule has 1 aliphatic carbocycles. The second-order valence-corrected chi connectivity index (χ2v) is 13.2. The predicted molar refractivity (Wildman–Crippen MR) is 143 cm³/mol. The van der Waals surface area contributed by atoms with E-state index in [1.165, 1.54) is 16.8 Å². The molecule has 2 heterocycles. The number of nitrogens with one attached hydrogen (secondary N) is 2. The largest absolute Gasteiger partial charge is 0.405 e. The molecule has 11 nitrogen and oxygen atoms in total. The van der Waals surface area contributed by atoms with E-state index in [0.717, 1.165) is 30.2 Å². The van der Waals surface area contributed by atoms with E-state index in [2.05, 4.69) is 10.1 Å². The standard InChI is InChI=1S/C25H34N3O8PS/c1-24(2,17-29)22(31)38-13-12-34-37(33,26-15-18-6-4-3-5-7-18)35-16-19-25(9-10-25)14-21(36-19)28-11-8-20(30)27-23(28)32/h3-8,11,19,21,29H,9-10,12-17H2,1-2H3,(H,26,33)(H,27,30,32)/t19-,21?,37?/m1/s1. The molecule has 3 atom stereocenters. The van der Waals surface area contributed by atoms with E-state index in [4.69, 9.17) is 13.8 Å². The van der Waals surface area contributed by atoms with Gasteiger partial charge in [-0.05, 0) is 32.3 Å². The van der Waals surface area contributed by atoms with Crippen molar-refractivity contribution in [1.82, 2.24) is 14.6 Å². The fourth-order valence-electron chi connectivity index (χ4n) is 4.21. The van der Waals surface area contributed by atoms with Gasteiger partial charge in [0.1, 0.15) is 6.23 Å². The summed E-state index contributed by atoms with van der Waals surface area (Å²) >= 11 is 1.01. The molecule has 1 saturated carbocycles. The highest BCUT2D eigenvalue weighted by atomic mass is 32.2. The van der Waals surface area contributed by atoms with Crippen molar-refractivity contribution in [1.29, 1.82) is 0 Å². The zero-order valence-electron chi connectivity index (χ0n) is 21.5. The summed E-state index contributed by atoms with van der Waals surface area (Å²) in [6.45, 7) is 3.26. The summed E-state index contributed by atoms with van der Waals surface area (Å²) < 4.78 is 32.7. The number of rotatable bonds is 13. The van der Waals surface area contributed by atoms with E-state index in [1.54, 1.807) is 13.8 Å². The minimum atomic E-state index is -3.80. The Kier molecular flexibility index (Phi) is 9.14. The summed E-state index contributed by atoms with van der Waals surface area (Å²) in [7, 11) is -3.80. The minimum absolute atomic E-state index is 0.0109. The van der Waals surface area contributed by atoms with Crippen LogP contribution < -0.4 is 16.3 Å². The molecule has 0 amide bonds. The van der Waals surface area contributed by atoms with E-state index < -0.39 is 36.7 Å². The third-order valence-electron chi connectivity index (χ3n) is 6.88. The molecule has 1 saturated heterocycles. The predicted octanol–water partition coefficient (Wildman–Crippen LogP) is 2.81. The van der Waals surface area contributed by atoms with Gasteiger partial charge in [0.15, 0.2) is 5.12 Å². The molecule has 38 heavy (non-hydrogen) atoms. The molecule has 1 spiro atoms. The number of carbonyl (C=O) groups is 1. The number of H-pyrrole nitrogens is 1. The summed E-state index contributed by atoms with van der Waals surface area (Å²) in [4.78, 5) is 38.2. The lowest BCUT2D eigenvalue weighted by atomic mass is 9.97. The molecule has 0 radical (unpaired) electrons. The Labute approximate surface area is 224 Å². The average Bonchev–Trinajstić information content (AvgIpc) is 3.59. The van der Waals surface area contributed by atoms with Crippen LogP contribution in [-0.2, 0) is 29.7 Å². The Morgan fingerprint density at radius 2 is 2.00 bits per heavy atom. The Balaban J connectivity index is 1.39. The highest BCUT2D eigenvalue weighted by Crippen LogP contribution is 2.61. The smallest absolute Gasteiger partial charge is 0.395 e. The number of thioether (sulfide) groups is 1. The number of nitrogens with zero attached hydrogens (tertiary/aromatic N) is 1. The van der Waals surface area contributed by atoms with Gasteiger partial charge in [0, 0.05) is 36.4 Å². The van der Waals surface area contributed by atoms with E-state index in [1.807, 2.05) is 30.3 Å². The highest BCUT2D eigenvalue weighted by molar-refractivity contribution is 8.13. The Morgan fingerprint density at radius 1 is 1.26 bits per heavy atom. The van der Waals surface area contributed by atoms with Crippen molar-refractivity contribution < 1.29 is 28.3 Å². The van der Waals surface area contributed by atoms with Crippen molar-refractivity contribution in [2.45, 2.75) is 52.0 Å². The average molecular weight is 568 g/mol. The summed E-state index contributed by atoms with van der Waals surface area (Å²) in [5.41, 5.74) is -1.20. The number of aliphatic hydroxyl groups excluding tert-OH is 1. The van der Waals surface area contributed by atoms with Crippen LogP contribution in [0.2, 0.25) is 0 Å². The molecule has 208 valence electrons. The van der Waals surface area contributed by atoms with Gasteiger partial charge in [-0.2, -0.15) is 0 Å². The summed E-state index contributed by atoms with van der Waals surface area (Å²) in [6, 6.07) is 10.7. The summed E-state index contributed by atoms with van der Waals surface area (Å²) in [6.07, 6.45) is 2.79. The van der Waals surface area contributed by atoms with Gasteiger partial charge < -0.3 is 9.84 Å². The molecular formula is C25H34N3O8PS. The van der Waals surface area contributed by atoms with Crippen molar-refractivity contribution in [3.05, 3.63) is 69.0 Å². The fourth-order valence-corrected chi connectivity index (χ4v) is 6.44. The molecule has 2 aliphatic rings. The topological polar surface area (TPSA) is 149 Å². The molecule has 2 aromatic rings. The van der Waals surface area contributed by atoms with Crippen LogP contribution in [0.1, 0.15) is 44.9 Å². The molecule has 1 aliphatic heterocycles. The van der Waals surface area contributed by atoms with Gasteiger partial charge in [-0.15, -0.1) is 0 Å². The van der Waals surface area contributed by atoms with Crippen molar-refractivity contribution in [2.24, 2.45) is 10.8 Å². The van der Waals surface area contributed by atoms with Gasteiger partial charge in [0.25, 0.3) is 5.56 Å². The van der Waals surface area contributed by atoms with Crippen molar-refractivity contribution in [2.75, 3.05) is 25.6 Å². The number of aromatic amines is 1. The van der Waals surface area contributed by atoms with E-state index in [0.29, 0.717) is 6.42 Å². The minimum Gasteiger partial charge on any atom is -0.395 e. The maximum Gasteiger partial charge on any atom is 0.405 e. The SMILES string of the molecule is CC(C)(CO)C(=O)SCCOP(=O)(NCc1ccccc1)OC[C@H]1OC(n2ccc(=O)[nH]c2=O)CC12CC2. The number of benzene rings is 1. The van der Waals surface area contributed by atoms with Crippen LogP contribution in [0, 0.1) is 10.8 Å². The molecule has 2 fully saturated rings.